The number of ether oxygens (including phenoxy) is 1. The summed E-state index contributed by atoms with van der Waals surface area (Å²) in [5.41, 5.74) is 0. The third-order valence-electron chi connectivity index (χ3n) is 3.26. The molecule has 5 heteroatoms. The highest BCUT2D eigenvalue weighted by atomic mass is 32.1. The first-order valence-electron chi connectivity index (χ1n) is 6.49. The van der Waals surface area contributed by atoms with Gasteiger partial charge < -0.3 is 4.74 Å². The van der Waals surface area contributed by atoms with E-state index in [0.717, 1.165) is 37.5 Å². The SMILES string of the molecule is CCOC(=O)C1CCN(Cc2cnc(C)s2)CC1. The van der Waals surface area contributed by atoms with Gasteiger partial charge in [0.25, 0.3) is 0 Å². The van der Waals surface area contributed by atoms with E-state index in [4.69, 9.17) is 4.74 Å². The normalized spacial score (nSPS) is 17.9. The fraction of sp³-hybridized carbons (Fsp3) is 0.692. The van der Waals surface area contributed by atoms with Crippen LogP contribution in [-0.4, -0.2) is 35.5 Å². The number of thiazole rings is 1. The molecule has 1 aromatic heterocycles. The second-order valence-electron chi connectivity index (χ2n) is 4.65. The number of esters is 1. The Morgan fingerprint density at radius 2 is 2.28 bits per heavy atom. The van der Waals surface area contributed by atoms with E-state index in [1.165, 1.54) is 4.88 Å². The maximum atomic E-state index is 11.6. The highest BCUT2D eigenvalue weighted by molar-refractivity contribution is 7.11. The number of hydrogen-bond donors (Lipinski definition) is 0. The van der Waals surface area contributed by atoms with Gasteiger partial charge in [-0.2, -0.15) is 0 Å². The molecule has 1 aliphatic heterocycles. The number of aryl methyl sites for hydroxylation is 1. The molecular formula is C13H20N2O2S. The van der Waals surface area contributed by atoms with Crippen molar-refractivity contribution in [3.05, 3.63) is 16.1 Å². The predicted octanol–water partition coefficient (Wildman–Crippen LogP) is 2.23. The summed E-state index contributed by atoms with van der Waals surface area (Å²) in [6.45, 7) is 7.28. The zero-order valence-electron chi connectivity index (χ0n) is 11.0. The Morgan fingerprint density at radius 3 is 2.83 bits per heavy atom. The summed E-state index contributed by atoms with van der Waals surface area (Å²) < 4.78 is 5.07. The zero-order valence-corrected chi connectivity index (χ0v) is 11.8. The fourth-order valence-electron chi connectivity index (χ4n) is 2.29. The summed E-state index contributed by atoms with van der Waals surface area (Å²) in [6.07, 6.45) is 3.78. The van der Waals surface area contributed by atoms with Crippen LogP contribution in [0.2, 0.25) is 0 Å². The summed E-state index contributed by atoms with van der Waals surface area (Å²) in [6, 6.07) is 0. The molecule has 0 saturated carbocycles. The van der Waals surface area contributed by atoms with Gasteiger partial charge in [-0.25, -0.2) is 4.98 Å². The Hall–Kier alpha value is -0.940. The number of aromatic nitrogens is 1. The molecule has 0 bridgehead atoms. The summed E-state index contributed by atoms with van der Waals surface area (Å²) in [5, 5.41) is 1.12. The smallest absolute Gasteiger partial charge is 0.309 e. The van der Waals surface area contributed by atoms with Gasteiger partial charge in [0.2, 0.25) is 0 Å². The molecule has 0 atom stereocenters. The van der Waals surface area contributed by atoms with Gasteiger partial charge in [0.15, 0.2) is 0 Å². The average Bonchev–Trinajstić information content (AvgIpc) is 2.76. The van der Waals surface area contributed by atoms with E-state index < -0.39 is 0 Å². The van der Waals surface area contributed by atoms with Crippen molar-refractivity contribution in [2.24, 2.45) is 5.92 Å². The second kappa shape index (κ2) is 6.29. The minimum absolute atomic E-state index is 0.0224. The van der Waals surface area contributed by atoms with Crippen LogP contribution in [0.15, 0.2) is 6.20 Å². The van der Waals surface area contributed by atoms with E-state index in [0.29, 0.717) is 6.61 Å². The summed E-state index contributed by atoms with van der Waals surface area (Å²) in [7, 11) is 0. The number of carbonyl (C=O) groups is 1. The van der Waals surface area contributed by atoms with Gasteiger partial charge in [-0.05, 0) is 39.8 Å². The molecule has 0 radical (unpaired) electrons. The van der Waals surface area contributed by atoms with Gasteiger partial charge in [-0.15, -0.1) is 11.3 Å². The molecule has 1 aromatic rings. The minimum Gasteiger partial charge on any atom is -0.466 e. The van der Waals surface area contributed by atoms with Gasteiger partial charge in [-0.1, -0.05) is 0 Å². The van der Waals surface area contributed by atoms with Crippen molar-refractivity contribution in [3.8, 4) is 0 Å². The van der Waals surface area contributed by atoms with Crippen LogP contribution in [0.3, 0.4) is 0 Å². The molecule has 2 heterocycles. The Kier molecular flexibility index (Phi) is 4.72. The molecule has 2 rings (SSSR count). The molecule has 18 heavy (non-hydrogen) atoms. The minimum atomic E-state index is -0.0224. The lowest BCUT2D eigenvalue weighted by molar-refractivity contribution is -0.149. The lowest BCUT2D eigenvalue weighted by Gasteiger charge is -2.30. The van der Waals surface area contributed by atoms with Crippen LogP contribution in [0.1, 0.15) is 29.7 Å². The van der Waals surface area contributed by atoms with Crippen LogP contribution in [0, 0.1) is 12.8 Å². The third-order valence-corrected chi connectivity index (χ3v) is 4.15. The quantitative estimate of drug-likeness (QED) is 0.785. The first-order valence-corrected chi connectivity index (χ1v) is 7.31. The van der Waals surface area contributed by atoms with E-state index >= 15 is 0 Å². The number of hydrogen-bond acceptors (Lipinski definition) is 5. The van der Waals surface area contributed by atoms with Gasteiger partial charge in [0.1, 0.15) is 0 Å². The molecule has 0 spiro atoms. The molecule has 4 nitrogen and oxygen atoms in total. The largest absolute Gasteiger partial charge is 0.466 e. The number of carbonyl (C=O) groups excluding carboxylic acids is 1. The maximum Gasteiger partial charge on any atom is 0.309 e. The predicted molar refractivity (Wildman–Crippen MR) is 71.5 cm³/mol. The second-order valence-corrected chi connectivity index (χ2v) is 5.97. The Morgan fingerprint density at radius 1 is 1.56 bits per heavy atom. The number of nitrogens with zero attached hydrogens (tertiary/aromatic N) is 2. The summed E-state index contributed by atoms with van der Waals surface area (Å²) >= 11 is 1.75. The average molecular weight is 268 g/mol. The van der Waals surface area contributed by atoms with Crippen molar-refractivity contribution in [3.63, 3.8) is 0 Å². The van der Waals surface area contributed by atoms with Gasteiger partial charge in [0.05, 0.1) is 17.5 Å². The highest BCUT2D eigenvalue weighted by Crippen LogP contribution is 2.22. The van der Waals surface area contributed by atoms with Crippen molar-refractivity contribution >= 4 is 17.3 Å². The van der Waals surface area contributed by atoms with E-state index in [2.05, 4.69) is 9.88 Å². The van der Waals surface area contributed by atoms with E-state index in [-0.39, 0.29) is 11.9 Å². The maximum absolute atomic E-state index is 11.6. The van der Waals surface area contributed by atoms with E-state index in [1.54, 1.807) is 11.3 Å². The zero-order chi connectivity index (χ0) is 13.0. The number of likely N-dealkylation sites (tertiary alicyclic amines) is 1. The van der Waals surface area contributed by atoms with Crippen molar-refractivity contribution in [1.82, 2.24) is 9.88 Å². The monoisotopic (exact) mass is 268 g/mol. The standard InChI is InChI=1S/C13H20N2O2S/c1-3-17-13(16)11-4-6-15(7-5-11)9-12-8-14-10(2)18-12/h8,11H,3-7,9H2,1-2H3. The summed E-state index contributed by atoms with van der Waals surface area (Å²) in [4.78, 5) is 19.6. The first-order chi connectivity index (χ1) is 8.69. The fourth-order valence-corrected chi connectivity index (χ4v) is 3.12. The van der Waals surface area contributed by atoms with Crippen LogP contribution in [0.25, 0.3) is 0 Å². The van der Waals surface area contributed by atoms with Crippen molar-refractivity contribution in [1.29, 1.82) is 0 Å². The van der Waals surface area contributed by atoms with Crippen LogP contribution < -0.4 is 0 Å². The van der Waals surface area contributed by atoms with Crippen LogP contribution in [0.5, 0.6) is 0 Å². The Balaban J connectivity index is 1.78. The molecule has 0 unspecified atom stereocenters. The molecule has 0 aromatic carbocycles. The third kappa shape index (κ3) is 3.53. The van der Waals surface area contributed by atoms with Gasteiger partial charge >= 0.3 is 5.97 Å². The van der Waals surface area contributed by atoms with Crippen molar-refractivity contribution < 1.29 is 9.53 Å². The molecule has 1 fully saturated rings. The molecule has 100 valence electrons. The Labute approximate surface area is 112 Å². The van der Waals surface area contributed by atoms with Crippen LogP contribution in [0.4, 0.5) is 0 Å². The molecule has 0 N–H and O–H groups in total. The molecule has 1 saturated heterocycles. The molecule has 0 amide bonds. The first kappa shape index (κ1) is 13.5. The lowest BCUT2D eigenvalue weighted by atomic mass is 9.97. The highest BCUT2D eigenvalue weighted by Gasteiger charge is 2.25. The molecule has 0 aliphatic carbocycles. The van der Waals surface area contributed by atoms with E-state index in [9.17, 15) is 4.79 Å². The number of rotatable bonds is 4. The van der Waals surface area contributed by atoms with Gasteiger partial charge in [-0.3, -0.25) is 9.69 Å². The van der Waals surface area contributed by atoms with Crippen molar-refractivity contribution in [2.45, 2.75) is 33.2 Å². The van der Waals surface area contributed by atoms with Crippen LogP contribution in [-0.2, 0) is 16.1 Å². The molecule has 1 aliphatic rings. The van der Waals surface area contributed by atoms with Gasteiger partial charge in [0, 0.05) is 17.6 Å². The van der Waals surface area contributed by atoms with Crippen molar-refractivity contribution in [2.75, 3.05) is 19.7 Å². The van der Waals surface area contributed by atoms with E-state index in [1.807, 2.05) is 20.0 Å². The molecular weight excluding hydrogens is 248 g/mol. The lowest BCUT2D eigenvalue weighted by Crippen LogP contribution is -2.36. The topological polar surface area (TPSA) is 42.4 Å². The van der Waals surface area contributed by atoms with Crippen LogP contribution >= 0.6 is 11.3 Å². The summed E-state index contributed by atoms with van der Waals surface area (Å²) in [5.74, 6) is 0.0789. The number of piperidine rings is 1. The Bertz CT molecular complexity index is 397.